The predicted molar refractivity (Wildman–Crippen MR) is 65.6 cm³/mol. The van der Waals surface area contributed by atoms with E-state index in [1.165, 1.54) is 0 Å². The summed E-state index contributed by atoms with van der Waals surface area (Å²) in [7, 11) is 1.71. The molecule has 0 aliphatic rings. The highest BCUT2D eigenvalue weighted by atomic mass is 16.5. The molecule has 0 aliphatic carbocycles. The third kappa shape index (κ3) is 5.73. The molecule has 0 saturated heterocycles. The van der Waals surface area contributed by atoms with Gasteiger partial charge in [-0.1, -0.05) is 18.2 Å². The monoisotopic (exact) mass is 223 g/mol. The standard InChI is InChI=1S/C13H21NO2/c1-15-10-5-6-12(14)9-11-16-13-7-3-2-4-8-13/h2-4,7-8,12H,5-6,9-11,14H2,1H3. The molecule has 0 aliphatic heterocycles. The van der Waals surface area contributed by atoms with Crippen molar-refractivity contribution < 1.29 is 9.47 Å². The second-order valence-corrected chi connectivity index (χ2v) is 3.85. The molecular weight excluding hydrogens is 202 g/mol. The Hall–Kier alpha value is -1.06. The van der Waals surface area contributed by atoms with Crippen LogP contribution >= 0.6 is 0 Å². The second-order valence-electron chi connectivity index (χ2n) is 3.85. The van der Waals surface area contributed by atoms with E-state index in [1.807, 2.05) is 30.3 Å². The van der Waals surface area contributed by atoms with Gasteiger partial charge < -0.3 is 15.2 Å². The summed E-state index contributed by atoms with van der Waals surface area (Å²) in [5.74, 6) is 0.909. The molecule has 90 valence electrons. The maximum absolute atomic E-state index is 5.94. The first-order valence-electron chi connectivity index (χ1n) is 5.75. The van der Waals surface area contributed by atoms with E-state index < -0.39 is 0 Å². The van der Waals surface area contributed by atoms with Gasteiger partial charge in [0.05, 0.1) is 6.61 Å². The van der Waals surface area contributed by atoms with Crippen molar-refractivity contribution in [1.29, 1.82) is 0 Å². The van der Waals surface area contributed by atoms with E-state index in [2.05, 4.69) is 0 Å². The molecular formula is C13H21NO2. The van der Waals surface area contributed by atoms with Gasteiger partial charge in [-0.05, 0) is 31.4 Å². The van der Waals surface area contributed by atoms with Crippen LogP contribution in [0.4, 0.5) is 0 Å². The van der Waals surface area contributed by atoms with Crippen molar-refractivity contribution in [2.75, 3.05) is 20.3 Å². The lowest BCUT2D eigenvalue weighted by atomic mass is 10.1. The molecule has 0 aromatic heterocycles. The zero-order valence-electron chi connectivity index (χ0n) is 9.89. The van der Waals surface area contributed by atoms with Crippen molar-refractivity contribution in [3.8, 4) is 5.75 Å². The van der Waals surface area contributed by atoms with Crippen molar-refractivity contribution in [1.82, 2.24) is 0 Å². The van der Waals surface area contributed by atoms with Crippen LogP contribution in [0.25, 0.3) is 0 Å². The fraction of sp³-hybridized carbons (Fsp3) is 0.538. The van der Waals surface area contributed by atoms with Gasteiger partial charge in [0.2, 0.25) is 0 Å². The Bertz CT molecular complexity index is 264. The maximum Gasteiger partial charge on any atom is 0.119 e. The Kier molecular flexibility index (Phi) is 6.61. The average Bonchev–Trinajstić information content (AvgIpc) is 2.31. The molecule has 0 spiro atoms. The maximum atomic E-state index is 5.94. The first kappa shape index (κ1) is 13.0. The summed E-state index contributed by atoms with van der Waals surface area (Å²) in [4.78, 5) is 0. The van der Waals surface area contributed by atoms with E-state index in [0.717, 1.165) is 31.6 Å². The highest BCUT2D eigenvalue weighted by Gasteiger charge is 2.02. The summed E-state index contributed by atoms with van der Waals surface area (Å²) in [6.45, 7) is 1.46. The number of rotatable bonds is 8. The zero-order valence-corrected chi connectivity index (χ0v) is 9.89. The minimum atomic E-state index is 0.207. The van der Waals surface area contributed by atoms with Crippen molar-refractivity contribution in [3.05, 3.63) is 30.3 Å². The van der Waals surface area contributed by atoms with Gasteiger partial charge >= 0.3 is 0 Å². The van der Waals surface area contributed by atoms with Crippen molar-refractivity contribution in [3.63, 3.8) is 0 Å². The molecule has 0 bridgehead atoms. The summed E-state index contributed by atoms with van der Waals surface area (Å²) in [5.41, 5.74) is 5.94. The number of benzene rings is 1. The van der Waals surface area contributed by atoms with Crippen molar-refractivity contribution >= 4 is 0 Å². The molecule has 1 rings (SSSR count). The van der Waals surface area contributed by atoms with Crippen LogP contribution in [0.15, 0.2) is 30.3 Å². The molecule has 0 heterocycles. The number of nitrogens with two attached hydrogens (primary N) is 1. The van der Waals surface area contributed by atoms with Crippen LogP contribution in [0.3, 0.4) is 0 Å². The summed E-state index contributed by atoms with van der Waals surface area (Å²) < 4.78 is 10.6. The lowest BCUT2D eigenvalue weighted by Crippen LogP contribution is -2.23. The molecule has 0 amide bonds. The highest BCUT2D eigenvalue weighted by Crippen LogP contribution is 2.09. The van der Waals surface area contributed by atoms with Gasteiger partial charge in [0.1, 0.15) is 5.75 Å². The van der Waals surface area contributed by atoms with E-state index in [9.17, 15) is 0 Å². The minimum absolute atomic E-state index is 0.207. The van der Waals surface area contributed by atoms with E-state index in [0.29, 0.717) is 6.61 Å². The molecule has 1 aromatic carbocycles. The van der Waals surface area contributed by atoms with Gasteiger partial charge in [-0.3, -0.25) is 0 Å². The van der Waals surface area contributed by atoms with Gasteiger partial charge in [-0.25, -0.2) is 0 Å². The van der Waals surface area contributed by atoms with Crippen LogP contribution in [0, 0.1) is 0 Å². The number of hydrogen-bond acceptors (Lipinski definition) is 3. The van der Waals surface area contributed by atoms with Gasteiger partial charge in [0.15, 0.2) is 0 Å². The topological polar surface area (TPSA) is 44.5 Å². The normalized spacial score (nSPS) is 12.4. The number of para-hydroxylation sites is 1. The van der Waals surface area contributed by atoms with Crippen LogP contribution < -0.4 is 10.5 Å². The third-order valence-corrected chi connectivity index (χ3v) is 2.42. The first-order chi connectivity index (χ1) is 7.83. The molecule has 3 nitrogen and oxygen atoms in total. The molecule has 2 N–H and O–H groups in total. The lowest BCUT2D eigenvalue weighted by Gasteiger charge is -2.12. The fourth-order valence-corrected chi connectivity index (χ4v) is 1.48. The van der Waals surface area contributed by atoms with Crippen LogP contribution in [0.1, 0.15) is 19.3 Å². The molecule has 1 aromatic rings. The number of hydrogen-bond donors (Lipinski definition) is 1. The van der Waals surface area contributed by atoms with Crippen LogP contribution in [-0.4, -0.2) is 26.4 Å². The first-order valence-corrected chi connectivity index (χ1v) is 5.75. The molecule has 0 saturated carbocycles. The second kappa shape index (κ2) is 8.13. The molecule has 0 radical (unpaired) electrons. The van der Waals surface area contributed by atoms with E-state index >= 15 is 0 Å². The Morgan fingerprint density at radius 2 is 1.88 bits per heavy atom. The van der Waals surface area contributed by atoms with Crippen LogP contribution in [0.2, 0.25) is 0 Å². The molecule has 16 heavy (non-hydrogen) atoms. The quantitative estimate of drug-likeness (QED) is 0.687. The molecule has 1 atom stereocenters. The van der Waals surface area contributed by atoms with Gasteiger partial charge in [-0.15, -0.1) is 0 Å². The molecule has 1 unspecified atom stereocenters. The largest absolute Gasteiger partial charge is 0.494 e. The zero-order chi connectivity index (χ0) is 11.6. The SMILES string of the molecule is COCCCC(N)CCOc1ccccc1. The van der Waals surface area contributed by atoms with Crippen molar-refractivity contribution in [2.45, 2.75) is 25.3 Å². The van der Waals surface area contributed by atoms with Crippen LogP contribution in [0.5, 0.6) is 5.75 Å². The molecule has 0 fully saturated rings. The average molecular weight is 223 g/mol. The van der Waals surface area contributed by atoms with E-state index in [-0.39, 0.29) is 6.04 Å². The summed E-state index contributed by atoms with van der Waals surface area (Å²) >= 11 is 0. The Labute approximate surface area is 97.6 Å². The van der Waals surface area contributed by atoms with Crippen molar-refractivity contribution in [2.24, 2.45) is 5.73 Å². The third-order valence-electron chi connectivity index (χ3n) is 2.42. The Morgan fingerprint density at radius 3 is 2.56 bits per heavy atom. The van der Waals surface area contributed by atoms with Gasteiger partial charge in [0.25, 0.3) is 0 Å². The number of methoxy groups -OCH3 is 1. The van der Waals surface area contributed by atoms with E-state index in [1.54, 1.807) is 7.11 Å². The van der Waals surface area contributed by atoms with Gasteiger partial charge in [-0.2, -0.15) is 0 Å². The summed E-state index contributed by atoms with van der Waals surface area (Å²) in [6, 6.07) is 10.0. The highest BCUT2D eigenvalue weighted by molar-refractivity contribution is 5.20. The summed E-state index contributed by atoms with van der Waals surface area (Å²) in [6.07, 6.45) is 2.90. The molecule has 3 heteroatoms. The minimum Gasteiger partial charge on any atom is -0.494 e. The predicted octanol–water partition coefficient (Wildman–Crippen LogP) is 2.21. The smallest absolute Gasteiger partial charge is 0.119 e. The van der Waals surface area contributed by atoms with E-state index in [4.69, 9.17) is 15.2 Å². The lowest BCUT2D eigenvalue weighted by molar-refractivity contribution is 0.188. The summed E-state index contributed by atoms with van der Waals surface area (Å²) in [5, 5.41) is 0. The fourth-order valence-electron chi connectivity index (χ4n) is 1.48. The number of ether oxygens (including phenoxy) is 2. The Balaban J connectivity index is 2.06. The van der Waals surface area contributed by atoms with Crippen LogP contribution in [-0.2, 0) is 4.74 Å². The van der Waals surface area contributed by atoms with Gasteiger partial charge in [0, 0.05) is 19.8 Å². The Morgan fingerprint density at radius 1 is 1.12 bits per heavy atom.